The van der Waals surface area contributed by atoms with Gasteiger partial charge in [0, 0.05) is 13.1 Å². The molecule has 1 aromatic heterocycles. The Balaban J connectivity index is 2.07. The summed E-state index contributed by atoms with van der Waals surface area (Å²) < 4.78 is 28.7. The number of ether oxygens (including phenoxy) is 1. The van der Waals surface area contributed by atoms with Gasteiger partial charge in [0.2, 0.25) is 0 Å². The Labute approximate surface area is 107 Å². The number of amides is 1. The normalized spacial score (nSPS) is 19.6. The molecule has 100 valence electrons. The average Bonchev–Trinajstić information content (AvgIpc) is 2.95. The first-order valence-electron chi connectivity index (χ1n) is 5.63. The zero-order valence-electron chi connectivity index (χ0n) is 9.64. The highest BCUT2D eigenvalue weighted by molar-refractivity contribution is 7.12. The Kier molecular flexibility index (Phi) is 4.13. The molecule has 2 N–H and O–H groups in total. The van der Waals surface area contributed by atoms with Crippen LogP contribution in [-0.4, -0.2) is 37.1 Å². The zero-order chi connectivity index (χ0) is 13.1. The maximum atomic E-state index is 12.2. The first-order chi connectivity index (χ1) is 8.61. The molecule has 1 amide bonds. The fourth-order valence-corrected chi connectivity index (χ4v) is 2.79. The van der Waals surface area contributed by atoms with E-state index in [-0.39, 0.29) is 16.5 Å². The summed E-state index contributed by atoms with van der Waals surface area (Å²) in [4.78, 5) is 14.0. The predicted molar refractivity (Wildman–Crippen MR) is 64.0 cm³/mol. The van der Waals surface area contributed by atoms with E-state index >= 15 is 0 Å². The van der Waals surface area contributed by atoms with Gasteiger partial charge in [-0.1, -0.05) is 0 Å². The Hall–Kier alpha value is -1.21. The summed E-state index contributed by atoms with van der Waals surface area (Å²) in [7, 11) is 0. The van der Waals surface area contributed by atoms with Gasteiger partial charge in [0.15, 0.2) is 0 Å². The molecule has 7 heteroatoms. The third kappa shape index (κ3) is 2.78. The number of likely N-dealkylation sites (tertiary alicyclic amines) is 1. The Morgan fingerprint density at radius 2 is 2.44 bits per heavy atom. The van der Waals surface area contributed by atoms with E-state index in [9.17, 15) is 13.6 Å². The Bertz CT molecular complexity index is 425. The first kappa shape index (κ1) is 13.2. The number of carbonyl (C=O) groups is 1. The highest BCUT2D eigenvalue weighted by Crippen LogP contribution is 2.29. The highest BCUT2D eigenvalue weighted by Gasteiger charge is 2.29. The summed E-state index contributed by atoms with van der Waals surface area (Å²) in [6.07, 6.45) is 0.860. The predicted octanol–water partition coefficient (Wildman–Crippen LogP) is 1.77. The molecule has 1 aliphatic heterocycles. The van der Waals surface area contributed by atoms with Crippen molar-refractivity contribution in [1.82, 2.24) is 4.90 Å². The van der Waals surface area contributed by atoms with Crippen LogP contribution in [0.5, 0.6) is 5.75 Å². The lowest BCUT2D eigenvalue weighted by atomic mass is 10.1. The van der Waals surface area contributed by atoms with Gasteiger partial charge in [-0.15, -0.1) is 11.3 Å². The number of hydrogen-bond donors (Lipinski definition) is 1. The molecule has 1 saturated heterocycles. The van der Waals surface area contributed by atoms with E-state index in [4.69, 9.17) is 5.73 Å². The minimum atomic E-state index is -2.92. The van der Waals surface area contributed by atoms with E-state index in [0.29, 0.717) is 25.6 Å². The van der Waals surface area contributed by atoms with Crippen molar-refractivity contribution < 1.29 is 18.3 Å². The molecule has 2 heterocycles. The third-order valence-corrected chi connectivity index (χ3v) is 3.83. The number of carbonyl (C=O) groups excluding carboxylic acids is 1. The molecule has 0 bridgehead atoms. The lowest BCUT2D eigenvalue weighted by molar-refractivity contribution is -0.0499. The van der Waals surface area contributed by atoms with Crippen LogP contribution in [0.3, 0.4) is 0 Å². The van der Waals surface area contributed by atoms with Crippen molar-refractivity contribution in [3.8, 4) is 5.75 Å². The molecule has 0 radical (unpaired) electrons. The maximum Gasteiger partial charge on any atom is 0.387 e. The van der Waals surface area contributed by atoms with Crippen LogP contribution in [0.1, 0.15) is 16.1 Å². The van der Waals surface area contributed by atoms with Crippen LogP contribution < -0.4 is 10.5 Å². The van der Waals surface area contributed by atoms with Gasteiger partial charge < -0.3 is 15.4 Å². The topological polar surface area (TPSA) is 55.6 Å². The van der Waals surface area contributed by atoms with E-state index in [0.717, 1.165) is 17.8 Å². The van der Waals surface area contributed by atoms with E-state index in [1.54, 1.807) is 10.3 Å². The standard InChI is InChI=1S/C11H14F2N2O2S/c12-11(13)17-8-2-4-18-9(8)10(16)15-3-1-7(5-14)6-15/h2,4,7,11H,1,3,5-6,14H2. The molecule has 1 aromatic rings. The second kappa shape index (κ2) is 5.62. The van der Waals surface area contributed by atoms with Crippen LogP contribution in [0.4, 0.5) is 8.78 Å². The van der Waals surface area contributed by atoms with E-state index < -0.39 is 6.61 Å². The molecule has 0 aromatic carbocycles. The average molecular weight is 276 g/mol. The van der Waals surface area contributed by atoms with Crippen LogP contribution in [-0.2, 0) is 0 Å². The van der Waals surface area contributed by atoms with Crippen LogP contribution >= 0.6 is 11.3 Å². The van der Waals surface area contributed by atoms with Crippen molar-refractivity contribution in [3.63, 3.8) is 0 Å². The summed E-state index contributed by atoms with van der Waals surface area (Å²) in [6, 6.07) is 1.39. The van der Waals surface area contributed by atoms with E-state index in [1.807, 2.05) is 0 Å². The molecule has 1 fully saturated rings. The minimum absolute atomic E-state index is 0.0452. The van der Waals surface area contributed by atoms with Crippen molar-refractivity contribution >= 4 is 17.2 Å². The summed E-state index contributed by atoms with van der Waals surface area (Å²) >= 11 is 1.11. The monoisotopic (exact) mass is 276 g/mol. The minimum Gasteiger partial charge on any atom is -0.433 e. The number of halogens is 2. The molecule has 2 rings (SSSR count). The lowest BCUT2D eigenvalue weighted by Crippen LogP contribution is -2.29. The molecule has 4 nitrogen and oxygen atoms in total. The number of nitrogens with zero attached hydrogens (tertiary/aromatic N) is 1. The number of thiophene rings is 1. The van der Waals surface area contributed by atoms with Crippen molar-refractivity contribution in [3.05, 3.63) is 16.3 Å². The largest absolute Gasteiger partial charge is 0.433 e. The number of rotatable bonds is 4. The SMILES string of the molecule is NCC1CCN(C(=O)c2sccc2OC(F)F)C1. The van der Waals surface area contributed by atoms with Crippen molar-refractivity contribution in [2.24, 2.45) is 11.7 Å². The van der Waals surface area contributed by atoms with Gasteiger partial charge in [0.05, 0.1) is 0 Å². The molecule has 1 aliphatic rings. The maximum absolute atomic E-state index is 12.2. The fraction of sp³-hybridized carbons (Fsp3) is 0.545. The quantitative estimate of drug-likeness (QED) is 0.912. The Morgan fingerprint density at radius 3 is 3.06 bits per heavy atom. The van der Waals surface area contributed by atoms with E-state index in [2.05, 4.69) is 4.74 Å². The second-order valence-electron chi connectivity index (χ2n) is 4.13. The van der Waals surface area contributed by atoms with Crippen LogP contribution in [0.25, 0.3) is 0 Å². The molecule has 0 spiro atoms. The summed E-state index contributed by atoms with van der Waals surface area (Å²) in [5.74, 6) is 0.00109. The smallest absolute Gasteiger partial charge is 0.387 e. The summed E-state index contributed by atoms with van der Waals surface area (Å²) in [6.45, 7) is -1.18. The molecule has 0 aliphatic carbocycles. The summed E-state index contributed by atoms with van der Waals surface area (Å²) in [5.41, 5.74) is 5.55. The van der Waals surface area contributed by atoms with Gasteiger partial charge in [-0.2, -0.15) is 8.78 Å². The van der Waals surface area contributed by atoms with Gasteiger partial charge >= 0.3 is 6.61 Å². The zero-order valence-corrected chi connectivity index (χ0v) is 10.5. The lowest BCUT2D eigenvalue weighted by Gasteiger charge is -2.16. The first-order valence-corrected chi connectivity index (χ1v) is 6.51. The third-order valence-electron chi connectivity index (χ3n) is 2.95. The highest BCUT2D eigenvalue weighted by atomic mass is 32.1. The van der Waals surface area contributed by atoms with Crippen molar-refractivity contribution in [1.29, 1.82) is 0 Å². The van der Waals surface area contributed by atoms with Crippen molar-refractivity contribution in [2.75, 3.05) is 19.6 Å². The van der Waals surface area contributed by atoms with Gasteiger partial charge in [0.25, 0.3) is 5.91 Å². The van der Waals surface area contributed by atoms with E-state index in [1.165, 1.54) is 6.07 Å². The molecular weight excluding hydrogens is 262 g/mol. The molecule has 0 saturated carbocycles. The summed E-state index contributed by atoms with van der Waals surface area (Å²) in [5, 5.41) is 1.57. The Morgan fingerprint density at radius 1 is 1.67 bits per heavy atom. The fourth-order valence-electron chi connectivity index (χ4n) is 2.00. The number of alkyl halides is 2. The molecule has 1 atom stereocenters. The number of nitrogens with two attached hydrogens (primary N) is 1. The number of hydrogen-bond acceptors (Lipinski definition) is 4. The second-order valence-corrected chi connectivity index (χ2v) is 5.05. The van der Waals surface area contributed by atoms with Crippen LogP contribution in [0.2, 0.25) is 0 Å². The van der Waals surface area contributed by atoms with Crippen LogP contribution in [0.15, 0.2) is 11.4 Å². The molecule has 18 heavy (non-hydrogen) atoms. The van der Waals surface area contributed by atoms with Gasteiger partial charge in [-0.05, 0) is 30.3 Å². The van der Waals surface area contributed by atoms with Gasteiger partial charge in [-0.3, -0.25) is 4.79 Å². The molecular formula is C11H14F2N2O2S. The van der Waals surface area contributed by atoms with Crippen molar-refractivity contribution in [2.45, 2.75) is 13.0 Å². The van der Waals surface area contributed by atoms with Gasteiger partial charge in [-0.25, -0.2) is 0 Å². The van der Waals surface area contributed by atoms with Gasteiger partial charge in [0.1, 0.15) is 10.6 Å². The van der Waals surface area contributed by atoms with Crippen LogP contribution in [0, 0.1) is 5.92 Å². The molecule has 1 unspecified atom stereocenters.